The second-order valence-electron chi connectivity index (χ2n) is 6.41. The van der Waals surface area contributed by atoms with E-state index in [9.17, 15) is 4.79 Å². The summed E-state index contributed by atoms with van der Waals surface area (Å²) in [4.78, 5) is 13.8. The number of amides is 1. The number of halogens is 1. The highest BCUT2D eigenvalue weighted by Crippen LogP contribution is 2.23. The Morgan fingerprint density at radius 3 is 2.62 bits per heavy atom. The van der Waals surface area contributed by atoms with Gasteiger partial charge < -0.3 is 15.8 Å². The SMILES string of the molecule is NC(=O)c1cccc(CNCC(c2ccc(Cl)cc2)N2CCOCC2)c1. The number of rotatable bonds is 7. The first-order valence-electron chi connectivity index (χ1n) is 8.80. The van der Waals surface area contributed by atoms with Gasteiger partial charge in [0.15, 0.2) is 0 Å². The Morgan fingerprint density at radius 2 is 1.92 bits per heavy atom. The second-order valence-corrected chi connectivity index (χ2v) is 6.85. The third kappa shape index (κ3) is 5.05. The molecule has 0 bridgehead atoms. The molecule has 0 aliphatic carbocycles. The predicted octanol–water partition coefficient (Wildman–Crippen LogP) is 2.60. The number of nitrogens with one attached hydrogen (secondary N) is 1. The van der Waals surface area contributed by atoms with Gasteiger partial charge in [0.05, 0.1) is 13.2 Å². The summed E-state index contributed by atoms with van der Waals surface area (Å²) in [6, 6.07) is 15.7. The molecule has 2 aromatic carbocycles. The van der Waals surface area contributed by atoms with Crippen LogP contribution in [0.5, 0.6) is 0 Å². The van der Waals surface area contributed by atoms with E-state index in [0.717, 1.165) is 43.4 Å². The number of benzene rings is 2. The highest BCUT2D eigenvalue weighted by molar-refractivity contribution is 6.30. The molecule has 0 spiro atoms. The van der Waals surface area contributed by atoms with Gasteiger partial charge in [0, 0.05) is 42.8 Å². The number of hydrogen-bond donors (Lipinski definition) is 2. The minimum atomic E-state index is -0.404. The lowest BCUT2D eigenvalue weighted by atomic mass is 10.0. The van der Waals surface area contributed by atoms with Crippen molar-refractivity contribution in [3.05, 3.63) is 70.2 Å². The Morgan fingerprint density at radius 1 is 1.19 bits per heavy atom. The molecule has 1 amide bonds. The largest absolute Gasteiger partial charge is 0.379 e. The van der Waals surface area contributed by atoms with Crippen molar-refractivity contribution in [3.63, 3.8) is 0 Å². The zero-order valence-electron chi connectivity index (χ0n) is 14.7. The average molecular weight is 374 g/mol. The van der Waals surface area contributed by atoms with Crippen LogP contribution >= 0.6 is 11.6 Å². The van der Waals surface area contributed by atoms with Gasteiger partial charge >= 0.3 is 0 Å². The van der Waals surface area contributed by atoms with Crippen LogP contribution in [0.15, 0.2) is 48.5 Å². The summed E-state index contributed by atoms with van der Waals surface area (Å²) >= 11 is 6.04. The summed E-state index contributed by atoms with van der Waals surface area (Å²) in [6.07, 6.45) is 0. The number of ether oxygens (including phenoxy) is 1. The summed E-state index contributed by atoms with van der Waals surface area (Å²) in [5.41, 5.74) is 8.16. The second kappa shape index (κ2) is 9.14. The molecule has 0 saturated carbocycles. The maximum absolute atomic E-state index is 11.3. The van der Waals surface area contributed by atoms with E-state index in [1.807, 2.05) is 30.3 Å². The monoisotopic (exact) mass is 373 g/mol. The number of carbonyl (C=O) groups is 1. The van der Waals surface area contributed by atoms with Crippen molar-refractivity contribution in [2.75, 3.05) is 32.8 Å². The Bertz CT molecular complexity index is 730. The summed E-state index contributed by atoms with van der Waals surface area (Å²) < 4.78 is 5.49. The van der Waals surface area contributed by atoms with Crippen LogP contribution in [0, 0.1) is 0 Å². The van der Waals surface area contributed by atoms with Crippen molar-refractivity contribution < 1.29 is 9.53 Å². The molecule has 5 nitrogen and oxygen atoms in total. The summed E-state index contributed by atoms with van der Waals surface area (Å²) in [5, 5.41) is 4.25. The molecule has 1 atom stereocenters. The van der Waals surface area contributed by atoms with Crippen LogP contribution in [0.4, 0.5) is 0 Å². The number of hydrogen-bond acceptors (Lipinski definition) is 4. The Hall–Kier alpha value is -1.92. The van der Waals surface area contributed by atoms with Gasteiger partial charge in [-0.15, -0.1) is 0 Å². The Kier molecular flexibility index (Phi) is 6.63. The molecule has 1 unspecified atom stereocenters. The van der Waals surface area contributed by atoms with Gasteiger partial charge in [0.2, 0.25) is 5.91 Å². The first-order valence-corrected chi connectivity index (χ1v) is 9.18. The summed E-state index contributed by atoms with van der Waals surface area (Å²) in [7, 11) is 0. The quantitative estimate of drug-likeness (QED) is 0.782. The maximum atomic E-state index is 11.3. The number of carbonyl (C=O) groups excluding carboxylic acids is 1. The molecule has 0 radical (unpaired) electrons. The van der Waals surface area contributed by atoms with Crippen molar-refractivity contribution >= 4 is 17.5 Å². The highest BCUT2D eigenvalue weighted by atomic mass is 35.5. The fourth-order valence-electron chi connectivity index (χ4n) is 3.22. The predicted molar refractivity (Wildman–Crippen MR) is 103 cm³/mol. The van der Waals surface area contributed by atoms with Crippen molar-refractivity contribution in [1.82, 2.24) is 10.2 Å². The third-order valence-electron chi connectivity index (χ3n) is 4.62. The molecule has 6 heteroatoms. The van der Waals surface area contributed by atoms with E-state index in [-0.39, 0.29) is 6.04 Å². The topological polar surface area (TPSA) is 67.6 Å². The van der Waals surface area contributed by atoms with Crippen molar-refractivity contribution in [2.45, 2.75) is 12.6 Å². The molecule has 1 heterocycles. The van der Waals surface area contributed by atoms with Crippen molar-refractivity contribution in [1.29, 1.82) is 0 Å². The molecule has 1 aliphatic heterocycles. The van der Waals surface area contributed by atoms with Crippen LogP contribution in [-0.4, -0.2) is 43.7 Å². The molecule has 1 aliphatic rings. The van der Waals surface area contributed by atoms with Crippen LogP contribution in [0.1, 0.15) is 27.5 Å². The van der Waals surface area contributed by atoms with Crippen molar-refractivity contribution in [3.8, 4) is 0 Å². The summed E-state index contributed by atoms with van der Waals surface area (Å²) in [5.74, 6) is -0.404. The zero-order chi connectivity index (χ0) is 18.4. The first-order chi connectivity index (χ1) is 12.6. The number of morpholine rings is 1. The summed E-state index contributed by atoms with van der Waals surface area (Å²) in [6.45, 7) is 4.80. The molecule has 2 aromatic rings. The van der Waals surface area contributed by atoms with Crippen molar-refractivity contribution in [2.24, 2.45) is 5.73 Å². The standard InChI is InChI=1S/C20H24ClN3O2/c21-18-6-4-16(5-7-18)19(24-8-10-26-11-9-24)14-23-13-15-2-1-3-17(12-15)20(22)25/h1-7,12,19,23H,8-11,13-14H2,(H2,22,25). The minimum absolute atomic E-state index is 0.246. The molecular weight excluding hydrogens is 350 g/mol. The number of nitrogens with two attached hydrogens (primary N) is 1. The lowest BCUT2D eigenvalue weighted by Gasteiger charge is -2.35. The molecule has 1 fully saturated rings. The number of primary amides is 1. The van der Waals surface area contributed by atoms with Gasteiger partial charge in [0.1, 0.15) is 0 Å². The van der Waals surface area contributed by atoms with E-state index in [2.05, 4.69) is 22.3 Å². The molecule has 3 rings (SSSR count). The van der Waals surface area contributed by atoms with Crippen LogP contribution < -0.4 is 11.1 Å². The van der Waals surface area contributed by atoms with Gasteiger partial charge in [-0.3, -0.25) is 9.69 Å². The lowest BCUT2D eigenvalue weighted by Crippen LogP contribution is -2.42. The van der Waals surface area contributed by atoms with Crippen LogP contribution in [0.2, 0.25) is 5.02 Å². The molecular formula is C20H24ClN3O2. The van der Waals surface area contributed by atoms with E-state index in [0.29, 0.717) is 12.1 Å². The molecule has 1 saturated heterocycles. The normalized spacial score (nSPS) is 16.3. The lowest BCUT2D eigenvalue weighted by molar-refractivity contribution is 0.0161. The van der Waals surface area contributed by atoms with Gasteiger partial charge in [-0.1, -0.05) is 35.9 Å². The van der Waals surface area contributed by atoms with Gasteiger partial charge in [-0.05, 0) is 35.4 Å². The van der Waals surface area contributed by atoms with Gasteiger partial charge in [-0.25, -0.2) is 0 Å². The van der Waals surface area contributed by atoms with Crippen LogP contribution in [-0.2, 0) is 11.3 Å². The van der Waals surface area contributed by atoms with E-state index in [1.165, 1.54) is 5.56 Å². The van der Waals surface area contributed by atoms with Crippen LogP contribution in [0.25, 0.3) is 0 Å². The van der Waals surface area contributed by atoms with E-state index in [4.69, 9.17) is 22.1 Å². The van der Waals surface area contributed by atoms with E-state index in [1.54, 1.807) is 6.07 Å². The van der Waals surface area contributed by atoms with Crippen LogP contribution in [0.3, 0.4) is 0 Å². The molecule has 26 heavy (non-hydrogen) atoms. The fourth-order valence-corrected chi connectivity index (χ4v) is 3.35. The van der Waals surface area contributed by atoms with Gasteiger partial charge in [0.25, 0.3) is 0 Å². The molecule has 138 valence electrons. The number of nitrogens with zero attached hydrogens (tertiary/aromatic N) is 1. The Labute approximate surface area is 159 Å². The van der Waals surface area contributed by atoms with Gasteiger partial charge in [-0.2, -0.15) is 0 Å². The smallest absolute Gasteiger partial charge is 0.248 e. The fraction of sp³-hybridized carbons (Fsp3) is 0.350. The highest BCUT2D eigenvalue weighted by Gasteiger charge is 2.22. The molecule has 0 aromatic heterocycles. The average Bonchev–Trinajstić information content (AvgIpc) is 2.67. The first kappa shape index (κ1) is 18.9. The maximum Gasteiger partial charge on any atom is 0.248 e. The third-order valence-corrected chi connectivity index (χ3v) is 4.87. The van der Waals surface area contributed by atoms with E-state index >= 15 is 0 Å². The molecule has 3 N–H and O–H groups in total. The minimum Gasteiger partial charge on any atom is -0.379 e. The zero-order valence-corrected chi connectivity index (χ0v) is 15.4. The Balaban J connectivity index is 1.66. The van der Waals surface area contributed by atoms with E-state index < -0.39 is 5.91 Å².